The lowest BCUT2D eigenvalue weighted by Gasteiger charge is -2.06. The second-order valence-electron chi connectivity index (χ2n) is 4.60. The highest BCUT2D eigenvalue weighted by molar-refractivity contribution is 9.10. The van der Waals surface area contributed by atoms with Gasteiger partial charge in [-0.15, -0.1) is 0 Å². The van der Waals surface area contributed by atoms with Gasteiger partial charge in [-0.3, -0.25) is 9.48 Å². The van der Waals surface area contributed by atoms with Crippen LogP contribution in [0, 0.1) is 5.82 Å². The fourth-order valence-corrected chi connectivity index (χ4v) is 3.21. The number of aromatic nitrogens is 2. The minimum absolute atomic E-state index is 0.0955. The van der Waals surface area contributed by atoms with E-state index in [2.05, 4.69) is 37.0 Å². The van der Waals surface area contributed by atoms with E-state index in [1.54, 1.807) is 10.7 Å². The van der Waals surface area contributed by atoms with E-state index in [4.69, 9.17) is 0 Å². The van der Waals surface area contributed by atoms with Crippen LogP contribution in [-0.4, -0.2) is 15.6 Å². The summed E-state index contributed by atoms with van der Waals surface area (Å²) in [5, 5.41) is 4.45. The Morgan fingerprint density at radius 2 is 2.05 bits per heavy atom. The first-order valence-electron chi connectivity index (χ1n) is 6.70. The molecule has 2 rings (SSSR count). The van der Waals surface area contributed by atoms with E-state index in [-0.39, 0.29) is 17.8 Å². The van der Waals surface area contributed by atoms with E-state index >= 15 is 0 Å². The molecule has 0 aliphatic carbocycles. The molecule has 0 aliphatic rings. The smallest absolute Gasteiger partial charge is 0.171 e. The number of hydrogen-bond acceptors (Lipinski definition) is 2. The number of carbonyl (C=O) groups excluding carboxylic acids is 1. The summed E-state index contributed by atoms with van der Waals surface area (Å²) in [6.07, 6.45) is 0.898. The molecule has 21 heavy (non-hydrogen) atoms. The Balaban J connectivity index is 2.35. The molecule has 1 aromatic heterocycles. The van der Waals surface area contributed by atoms with Crippen LogP contribution < -0.4 is 0 Å². The van der Waals surface area contributed by atoms with Gasteiger partial charge in [0.1, 0.15) is 5.82 Å². The fraction of sp³-hybridized carbons (Fsp3) is 0.333. The quantitative estimate of drug-likeness (QED) is 0.668. The highest BCUT2D eigenvalue weighted by Gasteiger charge is 2.19. The molecule has 0 spiro atoms. The topological polar surface area (TPSA) is 34.9 Å². The number of ketones is 1. The summed E-state index contributed by atoms with van der Waals surface area (Å²) < 4.78 is 17.1. The minimum atomic E-state index is -0.502. The van der Waals surface area contributed by atoms with E-state index in [0.29, 0.717) is 11.0 Å². The van der Waals surface area contributed by atoms with Gasteiger partial charge in [-0.2, -0.15) is 5.10 Å². The van der Waals surface area contributed by atoms with E-state index in [0.717, 1.165) is 22.3 Å². The Kier molecular flexibility index (Phi) is 5.32. The molecule has 0 saturated carbocycles. The van der Waals surface area contributed by atoms with Crippen molar-refractivity contribution < 1.29 is 9.18 Å². The number of nitrogens with zero attached hydrogens (tertiary/aromatic N) is 2. The lowest BCUT2D eigenvalue weighted by Crippen LogP contribution is -2.11. The molecular formula is C15H15Br2FN2O. The second-order valence-corrected chi connectivity index (χ2v) is 6.31. The summed E-state index contributed by atoms with van der Waals surface area (Å²) in [6, 6.07) is 4.38. The third-order valence-electron chi connectivity index (χ3n) is 3.25. The van der Waals surface area contributed by atoms with Crippen molar-refractivity contribution in [1.82, 2.24) is 9.78 Å². The van der Waals surface area contributed by atoms with Crippen LogP contribution in [0.2, 0.25) is 0 Å². The number of rotatable bonds is 5. The van der Waals surface area contributed by atoms with E-state index in [1.165, 1.54) is 12.1 Å². The zero-order valence-corrected chi connectivity index (χ0v) is 15.0. The summed E-state index contributed by atoms with van der Waals surface area (Å²) >= 11 is 6.76. The molecular weight excluding hydrogens is 403 g/mol. The van der Waals surface area contributed by atoms with E-state index in [1.807, 2.05) is 13.8 Å². The Morgan fingerprint density at radius 3 is 2.67 bits per heavy atom. The molecule has 0 N–H and O–H groups in total. The Hall–Kier alpha value is -1.01. The maximum absolute atomic E-state index is 13.8. The molecule has 3 nitrogen and oxygen atoms in total. The predicted octanol–water partition coefficient (Wildman–Crippen LogP) is 4.55. The van der Waals surface area contributed by atoms with Crippen molar-refractivity contribution in [3.8, 4) is 0 Å². The normalized spacial score (nSPS) is 10.9. The van der Waals surface area contributed by atoms with Gasteiger partial charge in [0.05, 0.1) is 27.8 Å². The lowest BCUT2D eigenvalue weighted by molar-refractivity contribution is 0.0986. The largest absolute Gasteiger partial charge is 0.294 e. The predicted molar refractivity (Wildman–Crippen MR) is 87.1 cm³/mol. The van der Waals surface area contributed by atoms with Crippen LogP contribution in [-0.2, 0) is 19.4 Å². The minimum Gasteiger partial charge on any atom is -0.294 e. The average Bonchev–Trinajstić information content (AvgIpc) is 2.77. The van der Waals surface area contributed by atoms with Crippen LogP contribution in [0.5, 0.6) is 0 Å². The van der Waals surface area contributed by atoms with Crippen LogP contribution in [0.25, 0.3) is 0 Å². The summed E-state index contributed by atoms with van der Waals surface area (Å²) in [5.41, 5.74) is 1.80. The third kappa shape index (κ3) is 3.43. The monoisotopic (exact) mass is 416 g/mol. The molecule has 0 amide bonds. The summed E-state index contributed by atoms with van der Waals surface area (Å²) in [4.78, 5) is 12.4. The van der Waals surface area contributed by atoms with Crippen LogP contribution in [0.4, 0.5) is 4.39 Å². The van der Waals surface area contributed by atoms with Crippen molar-refractivity contribution in [1.29, 1.82) is 0 Å². The molecule has 0 bridgehead atoms. The molecule has 0 radical (unpaired) electrons. The molecule has 1 aromatic carbocycles. The number of carbonyl (C=O) groups is 1. The van der Waals surface area contributed by atoms with Gasteiger partial charge in [0, 0.05) is 11.0 Å². The maximum Gasteiger partial charge on any atom is 0.171 e. The van der Waals surface area contributed by atoms with Crippen molar-refractivity contribution in [2.45, 2.75) is 33.2 Å². The van der Waals surface area contributed by atoms with Crippen molar-refractivity contribution in [3.63, 3.8) is 0 Å². The van der Waals surface area contributed by atoms with Gasteiger partial charge in [0.2, 0.25) is 0 Å². The first-order valence-corrected chi connectivity index (χ1v) is 8.28. The van der Waals surface area contributed by atoms with Gasteiger partial charge in [0.15, 0.2) is 5.78 Å². The number of hydrogen-bond donors (Lipinski definition) is 0. The fourth-order valence-electron chi connectivity index (χ4n) is 2.14. The van der Waals surface area contributed by atoms with Gasteiger partial charge in [-0.1, -0.05) is 22.9 Å². The van der Waals surface area contributed by atoms with Crippen LogP contribution in [0.3, 0.4) is 0 Å². The van der Waals surface area contributed by atoms with Crippen LogP contribution in [0.15, 0.2) is 27.1 Å². The van der Waals surface area contributed by atoms with E-state index < -0.39 is 5.82 Å². The zero-order chi connectivity index (χ0) is 15.6. The molecule has 0 unspecified atom stereocenters. The third-order valence-corrected chi connectivity index (χ3v) is 4.66. The Bertz CT molecular complexity index is 683. The van der Waals surface area contributed by atoms with Gasteiger partial charge in [0.25, 0.3) is 0 Å². The zero-order valence-electron chi connectivity index (χ0n) is 11.8. The summed E-state index contributed by atoms with van der Waals surface area (Å²) in [6.45, 7) is 4.64. The van der Waals surface area contributed by atoms with Crippen molar-refractivity contribution in [2.75, 3.05) is 0 Å². The lowest BCUT2D eigenvalue weighted by atomic mass is 10.1. The van der Waals surface area contributed by atoms with Gasteiger partial charge >= 0.3 is 0 Å². The van der Waals surface area contributed by atoms with Crippen molar-refractivity contribution in [2.24, 2.45) is 0 Å². The van der Waals surface area contributed by atoms with Gasteiger partial charge < -0.3 is 0 Å². The molecule has 0 atom stereocenters. The molecule has 0 fully saturated rings. The average molecular weight is 418 g/mol. The Labute approximate surface area is 139 Å². The molecule has 0 saturated heterocycles. The van der Waals surface area contributed by atoms with Crippen molar-refractivity contribution >= 4 is 37.6 Å². The molecule has 6 heteroatoms. The Morgan fingerprint density at radius 1 is 1.33 bits per heavy atom. The summed E-state index contributed by atoms with van der Waals surface area (Å²) in [7, 11) is 0. The SMILES string of the molecule is CCc1nn(CC)c(CC(=O)c2cc(Br)ccc2F)c1Br. The second kappa shape index (κ2) is 6.83. The van der Waals surface area contributed by atoms with Crippen LogP contribution >= 0.6 is 31.9 Å². The van der Waals surface area contributed by atoms with E-state index in [9.17, 15) is 9.18 Å². The number of Topliss-reactive ketones (excluding diaryl/α,β-unsaturated/α-hetero) is 1. The summed E-state index contributed by atoms with van der Waals surface area (Å²) in [5.74, 6) is -0.760. The number of aryl methyl sites for hydroxylation is 2. The highest BCUT2D eigenvalue weighted by Crippen LogP contribution is 2.25. The molecule has 112 valence electrons. The maximum atomic E-state index is 13.8. The van der Waals surface area contributed by atoms with Gasteiger partial charge in [-0.25, -0.2) is 4.39 Å². The van der Waals surface area contributed by atoms with Gasteiger partial charge in [-0.05, 0) is 47.5 Å². The first-order chi connectivity index (χ1) is 9.97. The molecule has 0 aliphatic heterocycles. The van der Waals surface area contributed by atoms with Crippen LogP contribution in [0.1, 0.15) is 35.6 Å². The highest BCUT2D eigenvalue weighted by atomic mass is 79.9. The molecule has 1 heterocycles. The standard InChI is InChI=1S/C15H15Br2FN2O/c1-3-12-15(17)13(20(4-2)19-12)8-14(21)10-7-9(16)5-6-11(10)18/h5-7H,3-4,8H2,1-2H3. The molecule has 2 aromatic rings. The number of halogens is 3. The first kappa shape index (κ1) is 16.4. The number of benzene rings is 1. The van der Waals surface area contributed by atoms with Crippen molar-refractivity contribution in [3.05, 3.63) is 49.9 Å².